The Morgan fingerprint density at radius 3 is 2.64 bits per heavy atom. The second-order valence-corrected chi connectivity index (χ2v) is 5.99. The molecule has 1 aliphatic heterocycles. The standard InChI is InChI=1S/C20H18ClNO3/c1-2-3-12-24-15-10-8-14(9-11-15)13-18-20(23)25-19(22-18)16-6-4-5-7-17(16)21/h4-11,13H,2-3,12H2,1H3/b18-13-. The van der Waals surface area contributed by atoms with Gasteiger partial charge in [-0.25, -0.2) is 9.79 Å². The summed E-state index contributed by atoms with van der Waals surface area (Å²) < 4.78 is 10.9. The molecule has 4 nitrogen and oxygen atoms in total. The lowest BCUT2D eigenvalue weighted by molar-refractivity contribution is -0.129. The van der Waals surface area contributed by atoms with Crippen LogP contribution in [0.5, 0.6) is 5.75 Å². The Morgan fingerprint density at radius 1 is 1.16 bits per heavy atom. The van der Waals surface area contributed by atoms with Crippen molar-refractivity contribution in [2.45, 2.75) is 19.8 Å². The van der Waals surface area contributed by atoms with Crippen molar-refractivity contribution in [1.29, 1.82) is 0 Å². The van der Waals surface area contributed by atoms with Crippen LogP contribution in [0.2, 0.25) is 5.02 Å². The van der Waals surface area contributed by atoms with Gasteiger partial charge in [-0.15, -0.1) is 0 Å². The minimum Gasteiger partial charge on any atom is -0.494 e. The number of esters is 1. The fraction of sp³-hybridized carbons (Fsp3) is 0.200. The van der Waals surface area contributed by atoms with E-state index in [-0.39, 0.29) is 11.6 Å². The molecule has 2 aromatic carbocycles. The number of hydrogen-bond acceptors (Lipinski definition) is 4. The predicted molar refractivity (Wildman–Crippen MR) is 98.9 cm³/mol. The number of ether oxygens (including phenoxy) is 2. The molecule has 0 radical (unpaired) electrons. The molecule has 128 valence electrons. The van der Waals surface area contributed by atoms with E-state index in [2.05, 4.69) is 11.9 Å². The SMILES string of the molecule is CCCCOc1ccc(/C=C2\N=C(c3ccccc3Cl)OC2=O)cc1. The molecule has 0 saturated carbocycles. The number of hydrogen-bond donors (Lipinski definition) is 0. The minimum absolute atomic E-state index is 0.223. The molecule has 0 aromatic heterocycles. The van der Waals surface area contributed by atoms with Crippen LogP contribution >= 0.6 is 11.6 Å². The maximum Gasteiger partial charge on any atom is 0.363 e. The number of carbonyl (C=O) groups is 1. The lowest BCUT2D eigenvalue weighted by Gasteiger charge is -2.05. The smallest absolute Gasteiger partial charge is 0.363 e. The van der Waals surface area contributed by atoms with Crippen LogP contribution in [0.3, 0.4) is 0 Å². The first-order valence-corrected chi connectivity index (χ1v) is 8.55. The number of unbranched alkanes of at least 4 members (excludes halogenated alkanes) is 1. The molecule has 5 heteroatoms. The maximum atomic E-state index is 12.0. The summed E-state index contributed by atoms with van der Waals surface area (Å²) in [5.41, 5.74) is 1.69. The fourth-order valence-corrected chi connectivity index (χ4v) is 2.53. The largest absolute Gasteiger partial charge is 0.494 e. The average molecular weight is 356 g/mol. The van der Waals surface area contributed by atoms with Gasteiger partial charge in [0.15, 0.2) is 5.70 Å². The second kappa shape index (κ2) is 7.99. The summed E-state index contributed by atoms with van der Waals surface area (Å²) in [6, 6.07) is 14.6. The third-order valence-electron chi connectivity index (χ3n) is 3.67. The molecule has 0 fully saturated rings. The first-order chi connectivity index (χ1) is 12.2. The Balaban J connectivity index is 1.77. The zero-order valence-electron chi connectivity index (χ0n) is 13.9. The van der Waals surface area contributed by atoms with Crippen LogP contribution < -0.4 is 4.74 Å². The Bertz CT molecular complexity index is 825. The van der Waals surface area contributed by atoms with Gasteiger partial charge in [0.25, 0.3) is 0 Å². The molecule has 0 bridgehead atoms. The van der Waals surface area contributed by atoms with Gasteiger partial charge in [0.2, 0.25) is 5.90 Å². The number of carbonyl (C=O) groups excluding carboxylic acids is 1. The van der Waals surface area contributed by atoms with Crippen LogP contribution in [0.4, 0.5) is 0 Å². The molecule has 0 saturated heterocycles. The van der Waals surface area contributed by atoms with Crippen molar-refractivity contribution in [3.63, 3.8) is 0 Å². The molecule has 1 heterocycles. The zero-order valence-corrected chi connectivity index (χ0v) is 14.6. The average Bonchev–Trinajstić information content (AvgIpc) is 2.97. The highest BCUT2D eigenvalue weighted by Gasteiger charge is 2.25. The number of aliphatic imine (C=N–C) groups is 1. The Kier molecular flexibility index (Phi) is 5.51. The molecule has 0 unspecified atom stereocenters. The first kappa shape index (κ1) is 17.2. The van der Waals surface area contributed by atoms with Gasteiger partial charge in [-0.3, -0.25) is 0 Å². The van der Waals surface area contributed by atoms with Crippen molar-refractivity contribution in [3.05, 3.63) is 70.4 Å². The third-order valence-corrected chi connectivity index (χ3v) is 4.00. The van der Waals surface area contributed by atoms with E-state index in [4.69, 9.17) is 21.1 Å². The molecule has 0 spiro atoms. The zero-order chi connectivity index (χ0) is 17.6. The van der Waals surface area contributed by atoms with Gasteiger partial charge in [-0.05, 0) is 42.3 Å². The summed E-state index contributed by atoms with van der Waals surface area (Å²) in [7, 11) is 0. The monoisotopic (exact) mass is 355 g/mol. The number of cyclic esters (lactones) is 1. The highest BCUT2D eigenvalue weighted by Crippen LogP contribution is 2.24. The molecule has 0 aliphatic carbocycles. The maximum absolute atomic E-state index is 12.0. The van der Waals surface area contributed by atoms with Crippen molar-refractivity contribution < 1.29 is 14.3 Å². The minimum atomic E-state index is -0.488. The van der Waals surface area contributed by atoms with E-state index in [9.17, 15) is 4.79 Å². The molecule has 2 aromatic rings. The quantitative estimate of drug-likeness (QED) is 0.422. The van der Waals surface area contributed by atoms with Crippen molar-refractivity contribution in [2.75, 3.05) is 6.61 Å². The molecule has 3 rings (SSSR count). The summed E-state index contributed by atoms with van der Waals surface area (Å²) in [4.78, 5) is 16.3. The molecular weight excluding hydrogens is 338 g/mol. The van der Waals surface area contributed by atoms with E-state index in [0.29, 0.717) is 17.2 Å². The second-order valence-electron chi connectivity index (χ2n) is 5.59. The fourth-order valence-electron chi connectivity index (χ4n) is 2.31. The van der Waals surface area contributed by atoms with Gasteiger partial charge in [0.1, 0.15) is 5.75 Å². The molecule has 0 amide bonds. The van der Waals surface area contributed by atoms with Crippen LogP contribution in [0.25, 0.3) is 6.08 Å². The van der Waals surface area contributed by atoms with Crippen LogP contribution in [0.1, 0.15) is 30.9 Å². The van der Waals surface area contributed by atoms with E-state index < -0.39 is 5.97 Å². The van der Waals surface area contributed by atoms with Gasteiger partial charge >= 0.3 is 5.97 Å². The Labute approximate surface area is 151 Å². The number of nitrogens with zero attached hydrogens (tertiary/aromatic N) is 1. The molecular formula is C20H18ClNO3. The Morgan fingerprint density at radius 2 is 1.92 bits per heavy atom. The Hall–Kier alpha value is -2.59. The van der Waals surface area contributed by atoms with E-state index in [1.807, 2.05) is 36.4 Å². The summed E-state index contributed by atoms with van der Waals surface area (Å²) in [5.74, 6) is 0.546. The van der Waals surface area contributed by atoms with E-state index in [1.165, 1.54) is 0 Å². The highest BCUT2D eigenvalue weighted by molar-refractivity contribution is 6.34. The predicted octanol–water partition coefficient (Wildman–Crippen LogP) is 4.86. The van der Waals surface area contributed by atoms with Crippen LogP contribution in [0.15, 0.2) is 59.2 Å². The number of rotatable bonds is 6. The van der Waals surface area contributed by atoms with Gasteiger partial charge < -0.3 is 9.47 Å². The number of benzene rings is 2. The van der Waals surface area contributed by atoms with Gasteiger partial charge in [-0.2, -0.15) is 0 Å². The molecule has 0 atom stereocenters. The molecule has 1 aliphatic rings. The van der Waals surface area contributed by atoms with E-state index in [1.54, 1.807) is 18.2 Å². The molecule has 0 N–H and O–H groups in total. The molecule has 25 heavy (non-hydrogen) atoms. The van der Waals surface area contributed by atoms with Crippen LogP contribution in [-0.4, -0.2) is 18.5 Å². The normalized spacial score (nSPS) is 15.2. The van der Waals surface area contributed by atoms with E-state index >= 15 is 0 Å². The highest BCUT2D eigenvalue weighted by atomic mass is 35.5. The lowest BCUT2D eigenvalue weighted by atomic mass is 10.2. The summed E-state index contributed by atoms with van der Waals surface area (Å²) >= 11 is 6.12. The van der Waals surface area contributed by atoms with Crippen molar-refractivity contribution >= 4 is 29.5 Å². The van der Waals surface area contributed by atoms with Crippen LogP contribution in [0, 0.1) is 0 Å². The lowest BCUT2D eigenvalue weighted by Crippen LogP contribution is -2.05. The van der Waals surface area contributed by atoms with Gasteiger partial charge in [-0.1, -0.05) is 49.2 Å². The topological polar surface area (TPSA) is 47.9 Å². The van der Waals surface area contributed by atoms with Gasteiger partial charge in [0, 0.05) is 0 Å². The number of halogens is 1. The van der Waals surface area contributed by atoms with Crippen molar-refractivity contribution in [1.82, 2.24) is 0 Å². The third kappa shape index (κ3) is 4.28. The van der Waals surface area contributed by atoms with Crippen molar-refractivity contribution in [3.8, 4) is 5.75 Å². The van der Waals surface area contributed by atoms with Gasteiger partial charge in [0.05, 0.1) is 17.2 Å². The summed E-state index contributed by atoms with van der Waals surface area (Å²) in [6.07, 6.45) is 3.80. The van der Waals surface area contributed by atoms with E-state index in [0.717, 1.165) is 24.2 Å². The first-order valence-electron chi connectivity index (χ1n) is 8.17. The van der Waals surface area contributed by atoms with Crippen LogP contribution in [-0.2, 0) is 9.53 Å². The summed E-state index contributed by atoms with van der Waals surface area (Å²) in [5, 5.41) is 0.490. The summed E-state index contributed by atoms with van der Waals surface area (Å²) in [6.45, 7) is 2.82. The van der Waals surface area contributed by atoms with Crippen molar-refractivity contribution in [2.24, 2.45) is 4.99 Å².